The molecule has 1 aromatic heterocycles. The second-order valence-corrected chi connectivity index (χ2v) is 7.89. The van der Waals surface area contributed by atoms with Crippen LogP contribution in [0.2, 0.25) is 10.0 Å². The van der Waals surface area contributed by atoms with E-state index in [0.717, 1.165) is 23.8 Å². The van der Waals surface area contributed by atoms with E-state index in [1.54, 1.807) is 24.3 Å². The van der Waals surface area contributed by atoms with Crippen LogP contribution in [0.5, 0.6) is 23.0 Å². The topological polar surface area (TPSA) is 67.4 Å². The number of benzene rings is 3. The zero-order valence-electron chi connectivity index (χ0n) is 17.0. The third-order valence-electron chi connectivity index (χ3n) is 4.66. The van der Waals surface area contributed by atoms with Gasteiger partial charge in [0.25, 0.3) is 0 Å². The summed E-state index contributed by atoms with van der Waals surface area (Å²) in [5, 5.41) is 16.3. The molecule has 3 aromatic carbocycles. The number of ether oxygens (including phenoxy) is 2. The van der Waals surface area contributed by atoms with Gasteiger partial charge in [0.15, 0.2) is 5.75 Å². The van der Waals surface area contributed by atoms with E-state index >= 15 is 0 Å². The maximum atomic E-state index is 13.5. The maximum Gasteiger partial charge on any atom is 0.438 e. The lowest BCUT2D eigenvalue weighted by atomic mass is 10.1. The van der Waals surface area contributed by atoms with Gasteiger partial charge in [-0.3, -0.25) is 5.10 Å². The molecule has 4 rings (SSSR count). The van der Waals surface area contributed by atoms with Crippen LogP contribution in [-0.2, 0) is 12.8 Å². The monoisotopic (exact) mass is 512 g/mol. The van der Waals surface area contributed by atoms with Gasteiger partial charge in [0, 0.05) is 22.7 Å². The average molecular weight is 513 g/mol. The van der Waals surface area contributed by atoms with Crippen molar-refractivity contribution >= 4 is 23.2 Å². The summed E-state index contributed by atoms with van der Waals surface area (Å²) in [4.78, 5) is 0. The number of rotatable bonds is 6. The maximum absolute atomic E-state index is 13.5. The fraction of sp³-hybridized carbons (Fsp3) is 0.0870. The Bertz CT molecular complexity index is 1330. The second-order valence-electron chi connectivity index (χ2n) is 7.05. The Kier molecular flexibility index (Phi) is 6.58. The number of nitrogens with zero attached hydrogens (tertiary/aromatic N) is 1. The van der Waals surface area contributed by atoms with Crippen LogP contribution in [0.3, 0.4) is 0 Å². The lowest BCUT2D eigenvalue weighted by Crippen LogP contribution is -2.07. The minimum absolute atomic E-state index is 0.0231. The Hall–Kier alpha value is -3.43. The van der Waals surface area contributed by atoms with Crippen LogP contribution < -0.4 is 9.47 Å². The highest BCUT2D eigenvalue weighted by Crippen LogP contribution is 2.45. The van der Waals surface area contributed by atoms with E-state index in [0.29, 0.717) is 5.02 Å². The van der Waals surface area contributed by atoms with Crippen molar-refractivity contribution in [1.82, 2.24) is 10.2 Å². The molecule has 5 nitrogen and oxygen atoms in total. The van der Waals surface area contributed by atoms with Crippen LogP contribution in [-0.4, -0.2) is 15.3 Å². The van der Waals surface area contributed by atoms with Crippen LogP contribution in [0.1, 0.15) is 11.3 Å². The van der Waals surface area contributed by atoms with E-state index in [1.165, 1.54) is 18.2 Å². The van der Waals surface area contributed by atoms with Gasteiger partial charge < -0.3 is 14.6 Å². The van der Waals surface area contributed by atoms with Crippen molar-refractivity contribution < 1.29 is 32.1 Å². The number of hydrogen-bond acceptors (Lipinski definition) is 4. The third-order valence-corrected chi connectivity index (χ3v) is 5.20. The molecule has 0 bridgehead atoms. The number of hydrogen-bond donors (Lipinski definition) is 2. The van der Waals surface area contributed by atoms with E-state index in [9.17, 15) is 22.7 Å². The highest BCUT2D eigenvalue weighted by atomic mass is 35.5. The highest BCUT2D eigenvalue weighted by molar-refractivity contribution is 6.31. The van der Waals surface area contributed by atoms with Crippen molar-refractivity contribution in [3.05, 3.63) is 87.8 Å². The Balaban J connectivity index is 1.64. The lowest BCUT2D eigenvalue weighted by Gasteiger charge is -2.12. The van der Waals surface area contributed by atoms with Gasteiger partial charge in [0.1, 0.15) is 35.4 Å². The molecule has 0 saturated heterocycles. The number of aromatic amines is 1. The molecular weight excluding hydrogens is 499 g/mol. The van der Waals surface area contributed by atoms with E-state index in [1.807, 2.05) is 0 Å². The van der Waals surface area contributed by atoms with Gasteiger partial charge in [-0.25, -0.2) is 4.39 Å². The Morgan fingerprint density at radius 1 is 0.941 bits per heavy atom. The standard InChI is InChI=1S/C23H14Cl2F4N2O3/c24-13-3-1-12(2-4-13)11-33-14-5-7-16(19(32)10-14)20-21(22(31-30-20)23(27,28)29)34-15-6-8-18(26)17(25)9-15/h1-10,32H,11H2,(H,30,31). The Labute approximate surface area is 200 Å². The SMILES string of the molecule is Oc1cc(OCc2ccc(Cl)cc2)ccc1-c1[nH]nc(C(F)(F)F)c1Oc1ccc(F)c(Cl)c1. The first-order chi connectivity index (χ1) is 16.1. The van der Waals surface area contributed by atoms with Gasteiger partial charge in [0.05, 0.1) is 5.02 Å². The number of aromatic nitrogens is 2. The fourth-order valence-electron chi connectivity index (χ4n) is 3.02. The zero-order valence-corrected chi connectivity index (χ0v) is 18.5. The van der Waals surface area contributed by atoms with Gasteiger partial charge in [-0.05, 0) is 42.0 Å². The Morgan fingerprint density at radius 3 is 2.29 bits per heavy atom. The number of phenolic OH excluding ortho intramolecular Hbond substituents is 1. The molecule has 11 heteroatoms. The number of halogens is 6. The molecule has 0 aliphatic carbocycles. The van der Waals surface area contributed by atoms with Crippen LogP contribution >= 0.6 is 23.2 Å². The summed E-state index contributed by atoms with van der Waals surface area (Å²) in [6.45, 7) is 0.178. The first-order valence-electron chi connectivity index (χ1n) is 9.61. The highest BCUT2D eigenvalue weighted by Gasteiger charge is 2.40. The minimum Gasteiger partial charge on any atom is -0.507 e. The summed E-state index contributed by atoms with van der Waals surface area (Å²) in [7, 11) is 0. The zero-order chi connectivity index (χ0) is 24.5. The van der Waals surface area contributed by atoms with E-state index in [2.05, 4.69) is 10.2 Å². The predicted molar refractivity (Wildman–Crippen MR) is 118 cm³/mol. The van der Waals surface area contributed by atoms with Gasteiger partial charge in [-0.15, -0.1) is 0 Å². The molecule has 34 heavy (non-hydrogen) atoms. The molecule has 2 N–H and O–H groups in total. The van der Waals surface area contributed by atoms with Crippen molar-refractivity contribution in [3.8, 4) is 34.3 Å². The molecule has 0 aliphatic rings. The smallest absolute Gasteiger partial charge is 0.438 e. The number of aromatic hydroxyl groups is 1. The first kappa shape index (κ1) is 23.7. The molecule has 0 atom stereocenters. The van der Waals surface area contributed by atoms with Gasteiger partial charge in [-0.2, -0.15) is 18.3 Å². The summed E-state index contributed by atoms with van der Waals surface area (Å²) < 4.78 is 65.0. The third kappa shape index (κ3) is 5.21. The molecule has 0 spiro atoms. The van der Waals surface area contributed by atoms with Gasteiger partial charge in [0.2, 0.25) is 5.69 Å². The molecule has 1 heterocycles. The van der Waals surface area contributed by atoms with Crippen LogP contribution in [0, 0.1) is 5.82 Å². The molecule has 0 amide bonds. The lowest BCUT2D eigenvalue weighted by molar-refractivity contribution is -0.142. The van der Waals surface area contributed by atoms with Crippen molar-refractivity contribution in [2.45, 2.75) is 12.8 Å². The van der Waals surface area contributed by atoms with Gasteiger partial charge in [-0.1, -0.05) is 35.3 Å². The van der Waals surface area contributed by atoms with Crippen molar-refractivity contribution in [1.29, 1.82) is 0 Å². The van der Waals surface area contributed by atoms with E-state index in [-0.39, 0.29) is 40.1 Å². The Morgan fingerprint density at radius 2 is 1.65 bits per heavy atom. The summed E-state index contributed by atoms with van der Waals surface area (Å²) in [6, 6.07) is 14.1. The number of H-pyrrole nitrogens is 1. The molecule has 0 unspecified atom stereocenters. The van der Waals surface area contributed by atoms with Gasteiger partial charge >= 0.3 is 6.18 Å². The molecule has 0 fully saturated rings. The quantitative estimate of drug-likeness (QED) is 0.261. The normalized spacial score (nSPS) is 11.5. The summed E-state index contributed by atoms with van der Waals surface area (Å²) in [5.41, 5.74) is -0.796. The van der Waals surface area contributed by atoms with Crippen molar-refractivity contribution in [3.63, 3.8) is 0 Å². The molecule has 4 aromatic rings. The van der Waals surface area contributed by atoms with Crippen LogP contribution in [0.4, 0.5) is 17.6 Å². The molecule has 0 saturated carbocycles. The summed E-state index contributed by atoms with van der Waals surface area (Å²) in [6.07, 6.45) is -4.87. The van der Waals surface area contributed by atoms with Crippen molar-refractivity contribution in [2.75, 3.05) is 0 Å². The number of alkyl halides is 3. The minimum atomic E-state index is -4.87. The summed E-state index contributed by atoms with van der Waals surface area (Å²) >= 11 is 11.6. The number of phenols is 1. The largest absolute Gasteiger partial charge is 0.507 e. The first-order valence-corrected chi connectivity index (χ1v) is 10.4. The van der Waals surface area contributed by atoms with Crippen LogP contribution in [0.25, 0.3) is 11.3 Å². The summed E-state index contributed by atoms with van der Waals surface area (Å²) in [5.74, 6) is -1.72. The number of nitrogens with one attached hydrogen (secondary N) is 1. The predicted octanol–water partition coefficient (Wildman–Crippen LogP) is 7.62. The second kappa shape index (κ2) is 9.44. The van der Waals surface area contributed by atoms with Crippen molar-refractivity contribution in [2.24, 2.45) is 0 Å². The molecule has 0 aliphatic heterocycles. The molecular formula is C23H14Cl2F4N2O3. The molecule has 0 radical (unpaired) electrons. The van der Waals surface area contributed by atoms with E-state index < -0.39 is 23.4 Å². The van der Waals surface area contributed by atoms with Crippen LogP contribution in [0.15, 0.2) is 60.7 Å². The average Bonchev–Trinajstić information content (AvgIpc) is 3.20. The van der Waals surface area contributed by atoms with E-state index in [4.69, 9.17) is 32.7 Å². The molecule has 176 valence electrons. The fourth-order valence-corrected chi connectivity index (χ4v) is 3.32.